The fourth-order valence-electron chi connectivity index (χ4n) is 1.68. The third kappa shape index (κ3) is 2.06. The summed E-state index contributed by atoms with van der Waals surface area (Å²) in [5.41, 5.74) is 1.89. The first-order chi connectivity index (χ1) is 7.16. The molecule has 0 saturated carbocycles. The number of nitrogens with zero attached hydrogens (tertiary/aromatic N) is 1. The van der Waals surface area contributed by atoms with E-state index in [1.165, 1.54) is 12.1 Å². The summed E-state index contributed by atoms with van der Waals surface area (Å²) in [5, 5.41) is 0. The van der Waals surface area contributed by atoms with Gasteiger partial charge < -0.3 is 4.90 Å². The Morgan fingerprint density at radius 1 is 1.20 bits per heavy atom. The summed E-state index contributed by atoms with van der Waals surface area (Å²) < 4.78 is 12.7. The summed E-state index contributed by atoms with van der Waals surface area (Å²) >= 11 is 0. The van der Waals surface area contributed by atoms with Crippen LogP contribution >= 0.6 is 0 Å². The number of halogens is 1. The highest BCUT2D eigenvalue weighted by atomic mass is 19.1. The summed E-state index contributed by atoms with van der Waals surface area (Å²) in [6.45, 7) is 0. The van der Waals surface area contributed by atoms with Crippen LogP contribution in [0.3, 0.4) is 0 Å². The molecule has 3 heteroatoms. The highest BCUT2D eigenvalue weighted by Gasteiger charge is 2.16. The molecule has 78 valence electrons. The monoisotopic (exact) mass is 205 g/mol. The molecule has 1 aliphatic carbocycles. The van der Waals surface area contributed by atoms with Crippen LogP contribution in [-0.2, 0) is 4.79 Å². The van der Waals surface area contributed by atoms with Crippen LogP contribution in [0.2, 0.25) is 0 Å². The zero-order valence-electron chi connectivity index (χ0n) is 8.53. The highest BCUT2D eigenvalue weighted by Crippen LogP contribution is 2.24. The molecule has 0 unspecified atom stereocenters. The van der Waals surface area contributed by atoms with Crippen LogP contribution in [0.1, 0.15) is 12.8 Å². The van der Waals surface area contributed by atoms with Crippen molar-refractivity contribution in [2.75, 3.05) is 11.9 Å². The van der Waals surface area contributed by atoms with Crippen molar-refractivity contribution in [3.05, 3.63) is 41.9 Å². The molecule has 0 heterocycles. The van der Waals surface area contributed by atoms with E-state index < -0.39 is 0 Å². The minimum Gasteiger partial charge on any atom is -0.348 e. The molecule has 2 rings (SSSR count). The number of allylic oxidation sites excluding steroid dienone is 2. The summed E-state index contributed by atoms with van der Waals surface area (Å²) in [6, 6.07) is 6.25. The standard InChI is InChI=1S/C12H12FNO/c1-14(11-6-7-12(15)8-11)10-4-2-9(13)3-5-10/h2-5,8H,6-7H2,1H3. The lowest BCUT2D eigenvalue weighted by Crippen LogP contribution is -2.14. The molecule has 0 aliphatic heterocycles. The first kappa shape index (κ1) is 9.90. The van der Waals surface area contributed by atoms with Gasteiger partial charge in [0, 0.05) is 30.9 Å². The van der Waals surface area contributed by atoms with Gasteiger partial charge in [-0.2, -0.15) is 0 Å². The number of anilines is 1. The molecule has 1 aromatic carbocycles. The maximum atomic E-state index is 12.7. The van der Waals surface area contributed by atoms with E-state index in [-0.39, 0.29) is 11.6 Å². The van der Waals surface area contributed by atoms with Crippen molar-refractivity contribution in [1.29, 1.82) is 0 Å². The molecule has 0 amide bonds. The fourth-order valence-corrected chi connectivity index (χ4v) is 1.68. The van der Waals surface area contributed by atoms with Gasteiger partial charge in [0.25, 0.3) is 0 Å². The van der Waals surface area contributed by atoms with E-state index in [4.69, 9.17) is 0 Å². The molecule has 0 spiro atoms. The first-order valence-corrected chi connectivity index (χ1v) is 4.89. The average Bonchev–Trinajstić information content (AvgIpc) is 2.65. The van der Waals surface area contributed by atoms with Crippen molar-refractivity contribution in [2.24, 2.45) is 0 Å². The van der Waals surface area contributed by atoms with E-state index in [2.05, 4.69) is 0 Å². The maximum absolute atomic E-state index is 12.7. The Labute approximate surface area is 88.0 Å². The van der Waals surface area contributed by atoms with Crippen molar-refractivity contribution in [2.45, 2.75) is 12.8 Å². The van der Waals surface area contributed by atoms with Gasteiger partial charge in [0.05, 0.1) is 0 Å². The molecule has 0 atom stereocenters. The molecule has 1 aliphatic rings. The number of hydrogen-bond donors (Lipinski definition) is 0. The Hall–Kier alpha value is -1.64. The van der Waals surface area contributed by atoms with Crippen LogP contribution in [0.25, 0.3) is 0 Å². The largest absolute Gasteiger partial charge is 0.348 e. The maximum Gasteiger partial charge on any atom is 0.157 e. The smallest absolute Gasteiger partial charge is 0.157 e. The topological polar surface area (TPSA) is 20.3 Å². The van der Waals surface area contributed by atoms with Crippen LogP contribution in [0.5, 0.6) is 0 Å². The van der Waals surface area contributed by atoms with Crippen LogP contribution in [0, 0.1) is 5.82 Å². The summed E-state index contributed by atoms with van der Waals surface area (Å²) in [6.07, 6.45) is 3.01. The Morgan fingerprint density at radius 3 is 2.40 bits per heavy atom. The fraction of sp³-hybridized carbons (Fsp3) is 0.250. The highest BCUT2D eigenvalue weighted by molar-refractivity contribution is 5.93. The lowest BCUT2D eigenvalue weighted by molar-refractivity contribution is -0.114. The average molecular weight is 205 g/mol. The Morgan fingerprint density at radius 2 is 1.87 bits per heavy atom. The Bertz CT molecular complexity index is 408. The predicted octanol–water partition coefficient (Wildman–Crippen LogP) is 2.51. The molecule has 0 radical (unpaired) electrons. The number of benzene rings is 1. The minimum atomic E-state index is -0.247. The zero-order valence-corrected chi connectivity index (χ0v) is 8.53. The Balaban J connectivity index is 2.21. The van der Waals surface area contributed by atoms with Gasteiger partial charge in [-0.1, -0.05) is 0 Å². The van der Waals surface area contributed by atoms with Gasteiger partial charge in [0.15, 0.2) is 5.78 Å². The third-order valence-electron chi connectivity index (χ3n) is 2.60. The van der Waals surface area contributed by atoms with Crippen molar-refractivity contribution < 1.29 is 9.18 Å². The Kier molecular flexibility index (Phi) is 2.54. The second kappa shape index (κ2) is 3.85. The van der Waals surface area contributed by atoms with Crippen molar-refractivity contribution >= 4 is 11.5 Å². The van der Waals surface area contributed by atoms with Gasteiger partial charge in [-0.15, -0.1) is 0 Å². The summed E-state index contributed by atoms with van der Waals surface area (Å²) in [7, 11) is 1.89. The number of carbonyl (C=O) groups is 1. The van der Waals surface area contributed by atoms with Gasteiger partial charge in [-0.3, -0.25) is 4.79 Å². The van der Waals surface area contributed by atoms with Crippen LogP contribution in [-0.4, -0.2) is 12.8 Å². The normalized spacial score (nSPS) is 15.3. The lowest BCUT2D eigenvalue weighted by Gasteiger charge is -2.20. The SMILES string of the molecule is CN(C1=CC(=O)CC1)c1ccc(F)cc1. The van der Waals surface area contributed by atoms with Gasteiger partial charge >= 0.3 is 0 Å². The number of rotatable bonds is 2. The van der Waals surface area contributed by atoms with Gasteiger partial charge in [-0.25, -0.2) is 4.39 Å². The second-order valence-corrected chi connectivity index (χ2v) is 3.64. The molecule has 1 aromatic rings. The minimum absolute atomic E-state index is 0.166. The van der Waals surface area contributed by atoms with Crippen LogP contribution in [0.4, 0.5) is 10.1 Å². The van der Waals surface area contributed by atoms with Gasteiger partial charge in [-0.05, 0) is 30.7 Å². The van der Waals surface area contributed by atoms with Gasteiger partial charge in [0.1, 0.15) is 5.82 Å². The van der Waals surface area contributed by atoms with E-state index in [1.54, 1.807) is 18.2 Å². The van der Waals surface area contributed by atoms with Crippen LogP contribution in [0.15, 0.2) is 36.0 Å². The number of ketones is 1. The van der Waals surface area contributed by atoms with Gasteiger partial charge in [0.2, 0.25) is 0 Å². The van der Waals surface area contributed by atoms with Crippen molar-refractivity contribution in [3.8, 4) is 0 Å². The molecule has 0 aromatic heterocycles. The van der Waals surface area contributed by atoms with E-state index in [1.807, 2.05) is 11.9 Å². The van der Waals surface area contributed by atoms with E-state index in [9.17, 15) is 9.18 Å². The van der Waals surface area contributed by atoms with Crippen molar-refractivity contribution in [1.82, 2.24) is 0 Å². The number of hydrogen-bond acceptors (Lipinski definition) is 2. The molecular formula is C12H12FNO. The van der Waals surface area contributed by atoms with E-state index in [0.717, 1.165) is 17.8 Å². The molecule has 15 heavy (non-hydrogen) atoms. The third-order valence-corrected chi connectivity index (χ3v) is 2.60. The van der Waals surface area contributed by atoms with Crippen LogP contribution < -0.4 is 4.90 Å². The van der Waals surface area contributed by atoms with Crippen molar-refractivity contribution in [3.63, 3.8) is 0 Å². The molecule has 0 bridgehead atoms. The molecular weight excluding hydrogens is 193 g/mol. The quantitative estimate of drug-likeness (QED) is 0.739. The lowest BCUT2D eigenvalue weighted by atomic mass is 10.2. The second-order valence-electron chi connectivity index (χ2n) is 3.64. The molecule has 0 fully saturated rings. The molecule has 2 nitrogen and oxygen atoms in total. The van der Waals surface area contributed by atoms with E-state index in [0.29, 0.717) is 6.42 Å². The summed E-state index contributed by atoms with van der Waals surface area (Å²) in [4.78, 5) is 13.0. The number of carbonyl (C=O) groups excluding carboxylic acids is 1. The predicted molar refractivity (Wildman–Crippen MR) is 57.1 cm³/mol. The van der Waals surface area contributed by atoms with E-state index >= 15 is 0 Å². The molecule has 0 saturated heterocycles. The first-order valence-electron chi connectivity index (χ1n) is 4.89. The zero-order chi connectivity index (χ0) is 10.8. The molecule has 0 N–H and O–H groups in total. The summed E-state index contributed by atoms with van der Waals surface area (Å²) in [5.74, 6) is -0.0809.